The highest BCUT2D eigenvalue weighted by atomic mass is 16.6. The van der Waals surface area contributed by atoms with Crippen molar-refractivity contribution in [2.24, 2.45) is 0 Å². The quantitative estimate of drug-likeness (QED) is 0.350. The summed E-state index contributed by atoms with van der Waals surface area (Å²) in [6, 6.07) is 17.9. The van der Waals surface area contributed by atoms with Crippen LogP contribution >= 0.6 is 0 Å². The zero-order valence-electron chi connectivity index (χ0n) is 17.7. The summed E-state index contributed by atoms with van der Waals surface area (Å²) in [5.74, 6) is -0.370. The molecule has 1 unspecified atom stereocenters. The van der Waals surface area contributed by atoms with Crippen molar-refractivity contribution >= 4 is 12.0 Å². The molecule has 4 nitrogen and oxygen atoms in total. The Morgan fingerprint density at radius 1 is 1.03 bits per heavy atom. The number of rotatable bonds is 12. The zero-order valence-corrected chi connectivity index (χ0v) is 17.7. The van der Waals surface area contributed by atoms with Crippen LogP contribution in [0.2, 0.25) is 0 Å². The minimum absolute atomic E-state index is 0.183. The van der Waals surface area contributed by atoms with Gasteiger partial charge < -0.3 is 14.2 Å². The predicted molar refractivity (Wildman–Crippen MR) is 116 cm³/mol. The fourth-order valence-corrected chi connectivity index (χ4v) is 3.27. The van der Waals surface area contributed by atoms with Gasteiger partial charge in [0.2, 0.25) is 0 Å². The van der Waals surface area contributed by atoms with E-state index in [-0.39, 0.29) is 12.6 Å². The van der Waals surface area contributed by atoms with Crippen LogP contribution in [0.4, 0.5) is 0 Å². The van der Waals surface area contributed by atoms with Gasteiger partial charge in [0.25, 0.3) is 0 Å². The maximum Gasteiger partial charge on any atom is 0.330 e. The third kappa shape index (κ3) is 7.15. The first kappa shape index (κ1) is 22.9. The minimum atomic E-state index is -0.646. The topological polar surface area (TPSA) is 44.8 Å². The maximum atomic E-state index is 12.3. The molecule has 0 radical (unpaired) electrons. The normalized spacial score (nSPS) is 13.3. The van der Waals surface area contributed by atoms with Crippen molar-refractivity contribution in [2.45, 2.75) is 45.3 Å². The van der Waals surface area contributed by atoms with Crippen molar-refractivity contribution in [3.63, 3.8) is 0 Å². The molecule has 2 rings (SSSR count). The molecular formula is C25H32O4. The molecule has 0 fully saturated rings. The number of methoxy groups -OCH3 is 1. The SMILES string of the molecule is CCCCC(COC(=O)C=Cc1ccccc1)(OCC)c1ccc(COC)cc1. The van der Waals surface area contributed by atoms with Crippen molar-refractivity contribution < 1.29 is 19.0 Å². The van der Waals surface area contributed by atoms with Gasteiger partial charge in [-0.1, -0.05) is 74.4 Å². The lowest BCUT2D eigenvalue weighted by atomic mass is 9.88. The monoisotopic (exact) mass is 396 g/mol. The van der Waals surface area contributed by atoms with E-state index in [1.54, 1.807) is 13.2 Å². The van der Waals surface area contributed by atoms with Crippen LogP contribution in [0, 0.1) is 0 Å². The Morgan fingerprint density at radius 2 is 1.76 bits per heavy atom. The van der Waals surface area contributed by atoms with Gasteiger partial charge in [-0.15, -0.1) is 0 Å². The van der Waals surface area contributed by atoms with Crippen molar-refractivity contribution in [3.05, 3.63) is 77.4 Å². The zero-order chi connectivity index (χ0) is 21.0. The Morgan fingerprint density at radius 3 is 2.38 bits per heavy atom. The molecule has 0 N–H and O–H groups in total. The van der Waals surface area contributed by atoms with E-state index in [1.807, 2.05) is 61.5 Å². The van der Waals surface area contributed by atoms with E-state index in [0.29, 0.717) is 13.2 Å². The fourth-order valence-electron chi connectivity index (χ4n) is 3.27. The number of ether oxygens (including phenoxy) is 3. The Kier molecular flexibility index (Phi) is 9.62. The van der Waals surface area contributed by atoms with E-state index in [9.17, 15) is 4.79 Å². The van der Waals surface area contributed by atoms with Gasteiger partial charge in [0.1, 0.15) is 12.2 Å². The van der Waals surface area contributed by atoms with Crippen LogP contribution in [0.15, 0.2) is 60.7 Å². The number of benzene rings is 2. The van der Waals surface area contributed by atoms with E-state index >= 15 is 0 Å². The van der Waals surface area contributed by atoms with Gasteiger partial charge in [0, 0.05) is 19.8 Å². The number of unbranched alkanes of at least 4 members (excludes halogenated alkanes) is 1. The second-order valence-electron chi connectivity index (χ2n) is 7.01. The molecule has 0 aliphatic carbocycles. The van der Waals surface area contributed by atoms with Crippen molar-refractivity contribution in [1.82, 2.24) is 0 Å². The van der Waals surface area contributed by atoms with E-state index < -0.39 is 5.60 Å². The Balaban J connectivity index is 2.15. The second kappa shape index (κ2) is 12.2. The van der Waals surface area contributed by atoms with Crippen LogP contribution < -0.4 is 0 Å². The van der Waals surface area contributed by atoms with Crippen LogP contribution in [0.1, 0.15) is 49.8 Å². The van der Waals surface area contributed by atoms with Crippen LogP contribution in [-0.2, 0) is 31.2 Å². The Labute approximate surface area is 174 Å². The highest BCUT2D eigenvalue weighted by molar-refractivity contribution is 5.87. The van der Waals surface area contributed by atoms with Crippen molar-refractivity contribution in [3.8, 4) is 0 Å². The van der Waals surface area contributed by atoms with Crippen LogP contribution in [0.5, 0.6) is 0 Å². The van der Waals surface area contributed by atoms with Crippen LogP contribution in [0.25, 0.3) is 6.08 Å². The standard InChI is InChI=1S/C25H32O4/c1-4-6-18-25(29-5-2,23-15-12-22(13-16-23)19-27-3)20-28-24(26)17-14-21-10-8-7-9-11-21/h7-17H,4-6,18-20H2,1-3H3. The first-order valence-corrected chi connectivity index (χ1v) is 10.3. The molecule has 0 bridgehead atoms. The van der Waals surface area contributed by atoms with Crippen molar-refractivity contribution in [1.29, 1.82) is 0 Å². The number of carbonyl (C=O) groups excluding carboxylic acids is 1. The molecule has 2 aromatic rings. The van der Waals surface area contributed by atoms with Crippen LogP contribution in [-0.4, -0.2) is 26.3 Å². The lowest BCUT2D eigenvalue weighted by molar-refractivity contribution is -0.152. The molecule has 0 heterocycles. The van der Waals surface area contributed by atoms with E-state index in [4.69, 9.17) is 14.2 Å². The number of hydrogen-bond donors (Lipinski definition) is 0. The van der Waals surface area contributed by atoms with Gasteiger partial charge in [0.15, 0.2) is 0 Å². The molecule has 2 aromatic carbocycles. The third-order valence-electron chi connectivity index (χ3n) is 4.80. The highest BCUT2D eigenvalue weighted by Crippen LogP contribution is 2.33. The molecule has 0 saturated carbocycles. The average Bonchev–Trinajstić information content (AvgIpc) is 2.76. The van der Waals surface area contributed by atoms with Gasteiger partial charge in [0.05, 0.1) is 6.61 Å². The molecule has 0 saturated heterocycles. The molecule has 0 amide bonds. The number of hydrogen-bond acceptors (Lipinski definition) is 4. The van der Waals surface area contributed by atoms with Gasteiger partial charge in [-0.2, -0.15) is 0 Å². The first-order chi connectivity index (χ1) is 14.1. The van der Waals surface area contributed by atoms with Gasteiger partial charge in [-0.05, 0) is 36.1 Å². The summed E-state index contributed by atoms with van der Waals surface area (Å²) in [6.45, 7) is 5.41. The minimum Gasteiger partial charge on any atom is -0.459 e. The molecule has 0 spiro atoms. The maximum absolute atomic E-state index is 12.3. The largest absolute Gasteiger partial charge is 0.459 e. The van der Waals surface area contributed by atoms with Gasteiger partial charge >= 0.3 is 5.97 Å². The summed E-state index contributed by atoms with van der Waals surface area (Å²) < 4.78 is 17.0. The molecule has 156 valence electrons. The highest BCUT2D eigenvalue weighted by Gasteiger charge is 2.34. The number of esters is 1. The summed E-state index contributed by atoms with van der Waals surface area (Å²) >= 11 is 0. The second-order valence-corrected chi connectivity index (χ2v) is 7.01. The van der Waals surface area contributed by atoms with Gasteiger partial charge in [-0.3, -0.25) is 0 Å². The lowest BCUT2D eigenvalue weighted by Gasteiger charge is -2.34. The fraction of sp³-hybridized carbons (Fsp3) is 0.400. The number of carbonyl (C=O) groups is 1. The van der Waals surface area contributed by atoms with Crippen molar-refractivity contribution in [2.75, 3.05) is 20.3 Å². The average molecular weight is 397 g/mol. The third-order valence-corrected chi connectivity index (χ3v) is 4.80. The lowest BCUT2D eigenvalue weighted by Crippen LogP contribution is -2.36. The molecule has 4 heteroatoms. The summed E-state index contributed by atoms with van der Waals surface area (Å²) in [6.07, 6.45) is 6.04. The predicted octanol–water partition coefficient (Wildman–Crippen LogP) is 5.51. The Bertz CT molecular complexity index is 752. The summed E-state index contributed by atoms with van der Waals surface area (Å²) in [5, 5.41) is 0. The molecular weight excluding hydrogens is 364 g/mol. The summed E-state index contributed by atoms with van der Waals surface area (Å²) in [4.78, 5) is 12.3. The molecule has 1 atom stereocenters. The summed E-state index contributed by atoms with van der Waals surface area (Å²) in [7, 11) is 1.68. The molecule has 0 aliphatic heterocycles. The van der Waals surface area contributed by atoms with Gasteiger partial charge in [-0.25, -0.2) is 4.79 Å². The smallest absolute Gasteiger partial charge is 0.330 e. The van der Waals surface area contributed by atoms with E-state index in [1.165, 1.54) is 6.08 Å². The molecule has 0 aromatic heterocycles. The molecule has 0 aliphatic rings. The first-order valence-electron chi connectivity index (χ1n) is 10.3. The van der Waals surface area contributed by atoms with E-state index in [0.717, 1.165) is 36.0 Å². The van der Waals surface area contributed by atoms with E-state index in [2.05, 4.69) is 6.92 Å². The molecule has 29 heavy (non-hydrogen) atoms. The van der Waals surface area contributed by atoms with Crippen LogP contribution in [0.3, 0.4) is 0 Å². The summed E-state index contributed by atoms with van der Waals surface area (Å²) in [5.41, 5.74) is 2.43. The Hall–Kier alpha value is -2.43.